The summed E-state index contributed by atoms with van der Waals surface area (Å²) < 4.78 is 0. The van der Waals surface area contributed by atoms with Gasteiger partial charge in [-0.05, 0) is 53.4 Å². The molecule has 1 unspecified atom stereocenters. The predicted molar refractivity (Wildman–Crippen MR) is 65.1 cm³/mol. The van der Waals surface area contributed by atoms with Crippen LogP contribution in [0.3, 0.4) is 0 Å². The average molecular weight is 210 g/mol. The molecule has 0 radical (unpaired) electrons. The molecule has 0 aromatic carbocycles. The van der Waals surface area contributed by atoms with Crippen molar-refractivity contribution in [1.29, 1.82) is 0 Å². The third kappa shape index (κ3) is 2.21. The monoisotopic (exact) mass is 210 g/mol. The molecule has 0 spiro atoms. The molecule has 0 amide bonds. The molecule has 2 rings (SSSR count). The lowest BCUT2D eigenvalue weighted by Gasteiger charge is -2.51. The van der Waals surface area contributed by atoms with E-state index in [4.69, 9.17) is 0 Å². The van der Waals surface area contributed by atoms with Crippen molar-refractivity contribution >= 4 is 0 Å². The van der Waals surface area contributed by atoms with Crippen LogP contribution in [0.5, 0.6) is 0 Å². The lowest BCUT2D eigenvalue weighted by Crippen LogP contribution is -2.66. The number of rotatable bonds is 2. The fourth-order valence-electron chi connectivity index (χ4n) is 2.97. The summed E-state index contributed by atoms with van der Waals surface area (Å²) in [6, 6.07) is 0.675. The first-order valence-electron chi connectivity index (χ1n) is 6.35. The van der Waals surface area contributed by atoms with Gasteiger partial charge in [-0.15, -0.1) is 0 Å². The van der Waals surface area contributed by atoms with Crippen molar-refractivity contribution in [1.82, 2.24) is 10.2 Å². The van der Waals surface area contributed by atoms with E-state index in [1.54, 1.807) is 0 Å². The van der Waals surface area contributed by atoms with E-state index in [9.17, 15) is 0 Å². The summed E-state index contributed by atoms with van der Waals surface area (Å²) in [7, 11) is 0. The quantitative estimate of drug-likeness (QED) is 0.752. The van der Waals surface area contributed by atoms with Gasteiger partial charge in [0, 0.05) is 30.2 Å². The second kappa shape index (κ2) is 3.46. The van der Waals surface area contributed by atoms with Gasteiger partial charge < -0.3 is 5.32 Å². The molecule has 1 saturated heterocycles. The van der Waals surface area contributed by atoms with Crippen molar-refractivity contribution in [3.8, 4) is 0 Å². The molecule has 1 heterocycles. The van der Waals surface area contributed by atoms with Gasteiger partial charge in [0.2, 0.25) is 0 Å². The molecule has 0 aromatic rings. The Hall–Kier alpha value is -0.0800. The number of hydrogen-bond donors (Lipinski definition) is 1. The summed E-state index contributed by atoms with van der Waals surface area (Å²) in [5, 5.41) is 3.63. The normalized spacial score (nSPS) is 33.0. The molecule has 2 nitrogen and oxygen atoms in total. The molecule has 88 valence electrons. The fraction of sp³-hybridized carbons (Fsp3) is 1.00. The molecule has 0 bridgehead atoms. The topological polar surface area (TPSA) is 15.3 Å². The molecule has 1 atom stereocenters. The Kier molecular flexibility index (Phi) is 2.63. The maximum Gasteiger partial charge on any atom is 0.0253 e. The van der Waals surface area contributed by atoms with Gasteiger partial charge in [0.05, 0.1) is 0 Å². The first-order valence-corrected chi connectivity index (χ1v) is 6.35. The van der Waals surface area contributed by atoms with Crippen LogP contribution in [0.2, 0.25) is 0 Å². The SMILES string of the molecule is CC1CNC(C)(C)CN1C(C)(C)C1CC1. The highest BCUT2D eigenvalue weighted by Crippen LogP contribution is 2.44. The molecule has 0 aromatic heterocycles. The molecule has 1 saturated carbocycles. The molecule has 1 aliphatic heterocycles. The summed E-state index contributed by atoms with van der Waals surface area (Å²) in [5.41, 5.74) is 0.678. The highest BCUT2D eigenvalue weighted by molar-refractivity contribution is 5.02. The summed E-state index contributed by atoms with van der Waals surface area (Å²) in [4.78, 5) is 2.72. The molecule has 1 N–H and O–H groups in total. The van der Waals surface area contributed by atoms with Gasteiger partial charge in [-0.25, -0.2) is 0 Å². The highest BCUT2D eigenvalue weighted by Gasteiger charge is 2.46. The average Bonchev–Trinajstić information content (AvgIpc) is 2.92. The van der Waals surface area contributed by atoms with Crippen molar-refractivity contribution in [2.45, 2.75) is 64.6 Å². The van der Waals surface area contributed by atoms with Gasteiger partial charge in [0.25, 0.3) is 0 Å². The van der Waals surface area contributed by atoms with Crippen LogP contribution in [0.25, 0.3) is 0 Å². The van der Waals surface area contributed by atoms with Crippen molar-refractivity contribution < 1.29 is 0 Å². The Morgan fingerprint density at radius 3 is 2.40 bits per heavy atom. The van der Waals surface area contributed by atoms with E-state index >= 15 is 0 Å². The Morgan fingerprint density at radius 2 is 1.87 bits per heavy atom. The zero-order valence-electron chi connectivity index (χ0n) is 10.9. The molecule has 1 aliphatic carbocycles. The van der Waals surface area contributed by atoms with Crippen LogP contribution in [-0.4, -0.2) is 35.1 Å². The van der Waals surface area contributed by atoms with Crippen LogP contribution in [0.15, 0.2) is 0 Å². The van der Waals surface area contributed by atoms with E-state index in [2.05, 4.69) is 44.8 Å². The van der Waals surface area contributed by atoms with Crippen molar-refractivity contribution in [3.63, 3.8) is 0 Å². The van der Waals surface area contributed by atoms with E-state index in [-0.39, 0.29) is 5.54 Å². The van der Waals surface area contributed by atoms with Gasteiger partial charge in [0.1, 0.15) is 0 Å². The van der Waals surface area contributed by atoms with Gasteiger partial charge in [-0.1, -0.05) is 0 Å². The van der Waals surface area contributed by atoms with Crippen LogP contribution in [0.4, 0.5) is 0 Å². The van der Waals surface area contributed by atoms with E-state index < -0.39 is 0 Å². The van der Waals surface area contributed by atoms with Crippen molar-refractivity contribution in [2.75, 3.05) is 13.1 Å². The second-order valence-electron chi connectivity index (χ2n) is 6.67. The minimum absolute atomic E-state index is 0.276. The minimum Gasteiger partial charge on any atom is -0.309 e. The minimum atomic E-state index is 0.276. The van der Waals surface area contributed by atoms with Crippen LogP contribution in [-0.2, 0) is 0 Å². The van der Waals surface area contributed by atoms with Crippen molar-refractivity contribution in [3.05, 3.63) is 0 Å². The molecular weight excluding hydrogens is 184 g/mol. The van der Waals surface area contributed by atoms with Crippen LogP contribution >= 0.6 is 0 Å². The second-order valence-corrected chi connectivity index (χ2v) is 6.67. The largest absolute Gasteiger partial charge is 0.309 e. The number of nitrogens with zero attached hydrogens (tertiary/aromatic N) is 1. The third-order valence-corrected chi connectivity index (χ3v) is 4.29. The predicted octanol–water partition coefficient (Wildman–Crippen LogP) is 2.25. The molecule has 2 fully saturated rings. The summed E-state index contributed by atoms with van der Waals surface area (Å²) in [5.74, 6) is 0.939. The van der Waals surface area contributed by atoms with E-state index in [1.807, 2.05) is 0 Å². The lowest BCUT2D eigenvalue weighted by atomic mass is 9.89. The first kappa shape index (κ1) is 11.4. The Balaban J connectivity index is 2.11. The third-order valence-electron chi connectivity index (χ3n) is 4.29. The Morgan fingerprint density at radius 1 is 1.27 bits per heavy atom. The fourth-order valence-corrected chi connectivity index (χ4v) is 2.97. The summed E-state index contributed by atoms with van der Waals surface area (Å²) in [6.45, 7) is 14.2. The van der Waals surface area contributed by atoms with Crippen molar-refractivity contribution in [2.24, 2.45) is 5.92 Å². The molecule has 15 heavy (non-hydrogen) atoms. The zero-order valence-corrected chi connectivity index (χ0v) is 10.9. The Bertz CT molecular complexity index is 241. The molecule has 2 aliphatic rings. The summed E-state index contributed by atoms with van der Waals surface area (Å²) >= 11 is 0. The van der Waals surface area contributed by atoms with Gasteiger partial charge in [0.15, 0.2) is 0 Å². The number of piperazine rings is 1. The smallest absolute Gasteiger partial charge is 0.0253 e. The molecule has 2 heteroatoms. The van der Waals surface area contributed by atoms with Crippen LogP contribution in [0, 0.1) is 5.92 Å². The molecular formula is C13H26N2. The van der Waals surface area contributed by atoms with Gasteiger partial charge >= 0.3 is 0 Å². The van der Waals surface area contributed by atoms with Gasteiger partial charge in [-0.2, -0.15) is 0 Å². The maximum absolute atomic E-state index is 3.63. The standard InChI is InChI=1S/C13H26N2/c1-10-8-14-12(2,3)9-15(10)13(4,5)11-6-7-11/h10-11,14H,6-9H2,1-5H3. The van der Waals surface area contributed by atoms with E-state index in [1.165, 1.54) is 19.4 Å². The zero-order chi connectivity index (χ0) is 11.3. The number of nitrogens with one attached hydrogen (secondary N) is 1. The first-order chi connectivity index (χ1) is 6.83. The number of hydrogen-bond acceptors (Lipinski definition) is 2. The lowest BCUT2D eigenvalue weighted by molar-refractivity contribution is 0.00464. The van der Waals surface area contributed by atoms with E-state index in [0.29, 0.717) is 11.6 Å². The van der Waals surface area contributed by atoms with Crippen LogP contribution < -0.4 is 5.32 Å². The summed E-state index contributed by atoms with van der Waals surface area (Å²) in [6.07, 6.45) is 2.87. The van der Waals surface area contributed by atoms with Gasteiger partial charge in [-0.3, -0.25) is 4.90 Å². The Labute approximate surface area is 94.4 Å². The van der Waals surface area contributed by atoms with Crippen LogP contribution in [0.1, 0.15) is 47.5 Å². The van der Waals surface area contributed by atoms with E-state index in [0.717, 1.165) is 12.5 Å². The maximum atomic E-state index is 3.63. The highest BCUT2D eigenvalue weighted by atomic mass is 15.3.